The Morgan fingerprint density at radius 1 is 1.67 bits per heavy atom. The summed E-state index contributed by atoms with van der Waals surface area (Å²) >= 11 is 3.17. The Hall–Kier alpha value is -1.10. The average Bonchev–Trinajstić information content (AvgIpc) is 1.97. The van der Waals surface area contributed by atoms with Crippen LogP contribution in [-0.2, 0) is 11.2 Å². The third kappa shape index (κ3) is 1.94. The first-order valence-electron chi connectivity index (χ1n) is 3.21. The molecule has 0 fully saturated rings. The molecule has 0 atom stereocenters. The van der Waals surface area contributed by atoms with Crippen molar-refractivity contribution in [2.45, 2.75) is 6.42 Å². The number of nitrogens with two attached hydrogens (primary N) is 1. The fourth-order valence-electron chi connectivity index (χ4n) is 0.814. The molecule has 0 spiro atoms. The van der Waals surface area contributed by atoms with Gasteiger partial charge in [-0.3, -0.25) is 9.78 Å². The quantitative estimate of drug-likeness (QED) is 0.797. The number of nitrogen functional groups attached to an aromatic ring is 1. The summed E-state index contributed by atoms with van der Waals surface area (Å²) in [6.07, 6.45) is 2.87. The van der Waals surface area contributed by atoms with Gasteiger partial charge in [-0.2, -0.15) is 0 Å². The van der Waals surface area contributed by atoms with Crippen LogP contribution in [0.4, 0.5) is 5.69 Å². The number of aromatic nitrogens is 1. The molecule has 64 valence electrons. The van der Waals surface area contributed by atoms with Gasteiger partial charge in [-0.15, -0.1) is 0 Å². The second-order valence-corrected chi connectivity index (χ2v) is 3.11. The van der Waals surface area contributed by atoms with E-state index in [1.807, 2.05) is 0 Å². The largest absolute Gasteiger partial charge is 0.481 e. The lowest BCUT2D eigenvalue weighted by Crippen LogP contribution is -2.04. The highest BCUT2D eigenvalue weighted by Gasteiger charge is 2.08. The van der Waals surface area contributed by atoms with Crippen molar-refractivity contribution in [3.63, 3.8) is 0 Å². The van der Waals surface area contributed by atoms with E-state index in [-0.39, 0.29) is 6.42 Å². The van der Waals surface area contributed by atoms with Crippen LogP contribution in [0.3, 0.4) is 0 Å². The Kier molecular flexibility index (Phi) is 2.65. The molecule has 1 aromatic heterocycles. The third-order valence-electron chi connectivity index (χ3n) is 1.37. The normalized spacial score (nSPS) is 9.75. The van der Waals surface area contributed by atoms with E-state index in [1.54, 1.807) is 0 Å². The Labute approximate surface area is 77.5 Å². The lowest BCUT2D eigenvalue weighted by Gasteiger charge is -2.03. The number of aliphatic carboxylic acids is 1. The highest BCUT2D eigenvalue weighted by atomic mass is 79.9. The SMILES string of the molecule is Nc1cncc(Br)c1CC(=O)O. The van der Waals surface area contributed by atoms with Crippen LogP contribution >= 0.6 is 15.9 Å². The summed E-state index contributed by atoms with van der Waals surface area (Å²) in [6, 6.07) is 0. The summed E-state index contributed by atoms with van der Waals surface area (Å²) in [5, 5.41) is 8.52. The van der Waals surface area contributed by atoms with Crippen LogP contribution in [0.15, 0.2) is 16.9 Å². The molecule has 0 bridgehead atoms. The molecule has 0 saturated heterocycles. The van der Waals surface area contributed by atoms with Gasteiger partial charge in [-0.25, -0.2) is 0 Å². The number of nitrogens with zero attached hydrogens (tertiary/aromatic N) is 1. The van der Waals surface area contributed by atoms with Crippen LogP contribution in [0.25, 0.3) is 0 Å². The molecule has 0 aliphatic carbocycles. The standard InChI is InChI=1S/C7H7BrN2O2/c8-5-2-10-3-6(9)4(5)1-7(11)12/h2-3H,1,9H2,(H,11,12). The number of carboxylic acid groups (broad SMARTS) is 1. The molecular formula is C7H7BrN2O2. The number of carboxylic acids is 1. The topological polar surface area (TPSA) is 76.2 Å². The molecule has 0 radical (unpaired) electrons. The lowest BCUT2D eigenvalue weighted by molar-refractivity contribution is -0.136. The van der Waals surface area contributed by atoms with Crippen molar-refractivity contribution < 1.29 is 9.90 Å². The fourth-order valence-corrected chi connectivity index (χ4v) is 1.30. The number of halogens is 1. The van der Waals surface area contributed by atoms with Crippen LogP contribution in [0.2, 0.25) is 0 Å². The first-order chi connectivity index (χ1) is 5.61. The highest BCUT2D eigenvalue weighted by Crippen LogP contribution is 2.21. The zero-order valence-corrected chi connectivity index (χ0v) is 7.71. The number of anilines is 1. The minimum atomic E-state index is -0.909. The molecule has 0 saturated carbocycles. The van der Waals surface area contributed by atoms with Gasteiger partial charge in [0.05, 0.1) is 18.3 Å². The molecule has 5 heteroatoms. The Bertz CT molecular complexity index is 294. The van der Waals surface area contributed by atoms with E-state index in [0.29, 0.717) is 15.7 Å². The summed E-state index contributed by atoms with van der Waals surface area (Å²) in [5.41, 5.74) is 6.48. The Morgan fingerprint density at radius 3 is 2.83 bits per heavy atom. The third-order valence-corrected chi connectivity index (χ3v) is 2.05. The van der Waals surface area contributed by atoms with E-state index in [0.717, 1.165) is 0 Å². The van der Waals surface area contributed by atoms with Gasteiger partial charge in [0.1, 0.15) is 0 Å². The van der Waals surface area contributed by atoms with Gasteiger partial charge in [0.15, 0.2) is 0 Å². The Morgan fingerprint density at radius 2 is 2.33 bits per heavy atom. The van der Waals surface area contributed by atoms with Gasteiger partial charge in [-0.05, 0) is 15.9 Å². The summed E-state index contributed by atoms with van der Waals surface area (Å²) in [7, 11) is 0. The minimum Gasteiger partial charge on any atom is -0.481 e. The van der Waals surface area contributed by atoms with Crippen molar-refractivity contribution in [3.05, 3.63) is 22.4 Å². The van der Waals surface area contributed by atoms with Crippen LogP contribution in [-0.4, -0.2) is 16.1 Å². The molecular weight excluding hydrogens is 224 g/mol. The fraction of sp³-hybridized carbons (Fsp3) is 0.143. The second-order valence-electron chi connectivity index (χ2n) is 2.26. The monoisotopic (exact) mass is 230 g/mol. The number of carbonyl (C=O) groups is 1. The number of hydrogen-bond donors (Lipinski definition) is 2. The Balaban J connectivity index is 3.04. The molecule has 1 heterocycles. The maximum absolute atomic E-state index is 10.4. The summed E-state index contributed by atoms with van der Waals surface area (Å²) in [4.78, 5) is 14.2. The van der Waals surface area contributed by atoms with Gasteiger partial charge in [-0.1, -0.05) is 0 Å². The van der Waals surface area contributed by atoms with E-state index in [9.17, 15) is 4.79 Å². The zero-order chi connectivity index (χ0) is 9.14. The number of pyridine rings is 1. The molecule has 3 N–H and O–H groups in total. The first-order valence-corrected chi connectivity index (χ1v) is 4.00. The number of hydrogen-bond acceptors (Lipinski definition) is 3. The summed E-state index contributed by atoms with van der Waals surface area (Å²) in [6.45, 7) is 0. The highest BCUT2D eigenvalue weighted by molar-refractivity contribution is 9.10. The van der Waals surface area contributed by atoms with Crippen molar-refractivity contribution in [1.82, 2.24) is 4.98 Å². The average molecular weight is 231 g/mol. The smallest absolute Gasteiger partial charge is 0.307 e. The van der Waals surface area contributed by atoms with Crippen LogP contribution in [0, 0.1) is 0 Å². The summed E-state index contributed by atoms with van der Waals surface area (Å²) in [5.74, 6) is -0.909. The minimum absolute atomic E-state index is 0.0884. The molecule has 12 heavy (non-hydrogen) atoms. The molecule has 0 unspecified atom stereocenters. The van der Waals surface area contributed by atoms with E-state index < -0.39 is 5.97 Å². The maximum atomic E-state index is 10.4. The molecule has 0 aliphatic rings. The predicted molar refractivity (Wildman–Crippen MR) is 47.7 cm³/mol. The van der Waals surface area contributed by atoms with Crippen LogP contribution < -0.4 is 5.73 Å². The molecule has 0 aromatic carbocycles. The van der Waals surface area contributed by atoms with E-state index in [4.69, 9.17) is 10.8 Å². The van der Waals surface area contributed by atoms with E-state index >= 15 is 0 Å². The summed E-state index contributed by atoms with van der Waals surface area (Å²) < 4.78 is 0.630. The number of rotatable bonds is 2. The van der Waals surface area contributed by atoms with E-state index in [2.05, 4.69) is 20.9 Å². The van der Waals surface area contributed by atoms with Gasteiger partial charge in [0, 0.05) is 16.2 Å². The van der Waals surface area contributed by atoms with Crippen molar-refractivity contribution in [2.75, 3.05) is 5.73 Å². The van der Waals surface area contributed by atoms with Gasteiger partial charge < -0.3 is 10.8 Å². The predicted octanol–water partition coefficient (Wildman–Crippen LogP) is 1.05. The molecule has 4 nitrogen and oxygen atoms in total. The van der Waals surface area contributed by atoms with Crippen molar-refractivity contribution in [3.8, 4) is 0 Å². The second kappa shape index (κ2) is 3.53. The van der Waals surface area contributed by atoms with E-state index in [1.165, 1.54) is 12.4 Å². The maximum Gasteiger partial charge on any atom is 0.307 e. The molecule has 1 rings (SSSR count). The zero-order valence-electron chi connectivity index (χ0n) is 6.12. The van der Waals surface area contributed by atoms with Gasteiger partial charge >= 0.3 is 5.97 Å². The molecule has 1 aromatic rings. The van der Waals surface area contributed by atoms with Gasteiger partial charge in [0.25, 0.3) is 0 Å². The van der Waals surface area contributed by atoms with Crippen LogP contribution in [0.5, 0.6) is 0 Å². The lowest BCUT2D eigenvalue weighted by atomic mass is 10.2. The van der Waals surface area contributed by atoms with Gasteiger partial charge in [0.2, 0.25) is 0 Å². The van der Waals surface area contributed by atoms with Crippen molar-refractivity contribution in [1.29, 1.82) is 0 Å². The van der Waals surface area contributed by atoms with Crippen molar-refractivity contribution >= 4 is 27.6 Å². The first kappa shape index (κ1) is 8.99. The molecule has 0 aliphatic heterocycles. The molecule has 0 amide bonds. The van der Waals surface area contributed by atoms with Crippen LogP contribution in [0.1, 0.15) is 5.56 Å². The van der Waals surface area contributed by atoms with Crippen molar-refractivity contribution in [2.24, 2.45) is 0 Å².